The SMILES string of the molecule is CC1=NC(C=Cc2ccc(OCCCc3cccc(Br)c3)c(C(F)(F)F)c2)(COP(=O)(C(C)(C)C)C(C)(C)C)CO1. The lowest BCUT2D eigenvalue weighted by Gasteiger charge is -2.41. The van der Waals surface area contributed by atoms with Crippen molar-refractivity contribution in [3.63, 3.8) is 0 Å². The average Bonchev–Trinajstić information content (AvgIpc) is 3.23. The molecule has 0 bridgehead atoms. The summed E-state index contributed by atoms with van der Waals surface area (Å²) >= 11 is 3.42. The number of hydrogen-bond acceptors (Lipinski definition) is 5. The highest BCUT2D eigenvalue weighted by Gasteiger charge is 2.49. The summed E-state index contributed by atoms with van der Waals surface area (Å²) in [6, 6.07) is 11.8. The second kappa shape index (κ2) is 12.6. The molecule has 1 aliphatic rings. The van der Waals surface area contributed by atoms with Gasteiger partial charge in [0, 0.05) is 21.7 Å². The van der Waals surface area contributed by atoms with E-state index in [4.69, 9.17) is 14.0 Å². The fourth-order valence-corrected chi connectivity index (χ4v) is 8.45. The van der Waals surface area contributed by atoms with Gasteiger partial charge in [-0.2, -0.15) is 13.2 Å². The first-order valence-corrected chi connectivity index (χ1v) is 16.0. The minimum Gasteiger partial charge on any atom is -0.493 e. The highest BCUT2D eigenvalue weighted by Crippen LogP contribution is 2.67. The molecule has 1 unspecified atom stereocenters. The summed E-state index contributed by atoms with van der Waals surface area (Å²) in [5.41, 5.74) is -0.462. The maximum Gasteiger partial charge on any atom is 0.419 e. The maximum atomic E-state index is 14.0. The molecule has 0 saturated carbocycles. The fraction of sp³-hybridized carbons (Fsp3) is 0.516. The van der Waals surface area contributed by atoms with Gasteiger partial charge in [-0.15, -0.1) is 0 Å². The van der Waals surface area contributed by atoms with Gasteiger partial charge < -0.3 is 14.0 Å². The standard InChI is InChI=1S/C31H40BrF3NO4P/c1-22-36-30(20-39-22,21-40-41(37,28(2,3)4)29(5,6)7)16-15-24-13-14-27(26(19-24)31(33,34)35)38-17-9-11-23-10-8-12-25(32)18-23/h8,10,12-16,18-19H,9,11,17,20-21H2,1-7H3. The van der Waals surface area contributed by atoms with E-state index in [9.17, 15) is 17.7 Å². The smallest absolute Gasteiger partial charge is 0.419 e. The van der Waals surface area contributed by atoms with Gasteiger partial charge in [-0.25, -0.2) is 4.99 Å². The number of aryl methyl sites for hydroxylation is 1. The Morgan fingerprint density at radius 2 is 1.76 bits per heavy atom. The molecule has 10 heteroatoms. The Balaban J connectivity index is 1.79. The molecule has 1 heterocycles. The van der Waals surface area contributed by atoms with Crippen molar-refractivity contribution in [1.29, 1.82) is 0 Å². The molecule has 0 radical (unpaired) electrons. The Hall–Kier alpha value is -2.09. The van der Waals surface area contributed by atoms with Crippen molar-refractivity contribution in [3.8, 4) is 5.75 Å². The molecule has 3 rings (SSSR count). The van der Waals surface area contributed by atoms with Crippen LogP contribution in [0.15, 0.2) is 58.0 Å². The molecule has 1 atom stereocenters. The minimum absolute atomic E-state index is 0.0298. The largest absolute Gasteiger partial charge is 0.493 e. The molecule has 0 N–H and O–H groups in total. The van der Waals surface area contributed by atoms with Crippen LogP contribution in [0.5, 0.6) is 5.75 Å². The van der Waals surface area contributed by atoms with Crippen molar-refractivity contribution in [2.45, 2.75) is 83.3 Å². The Bertz CT molecular complexity index is 1310. The van der Waals surface area contributed by atoms with Crippen LogP contribution in [0.4, 0.5) is 13.2 Å². The quantitative estimate of drug-likeness (QED) is 0.189. The minimum atomic E-state index is -4.60. The van der Waals surface area contributed by atoms with Crippen molar-refractivity contribution >= 4 is 35.3 Å². The lowest BCUT2D eigenvalue weighted by Crippen LogP contribution is -2.36. The summed E-state index contributed by atoms with van der Waals surface area (Å²) in [7, 11) is -3.20. The van der Waals surface area contributed by atoms with Gasteiger partial charge in [-0.1, -0.05) is 87.8 Å². The number of nitrogens with zero attached hydrogens (tertiary/aromatic N) is 1. The number of ether oxygens (including phenoxy) is 2. The molecule has 0 amide bonds. The van der Waals surface area contributed by atoms with Crippen LogP contribution in [0.25, 0.3) is 6.08 Å². The lowest BCUT2D eigenvalue weighted by atomic mass is 10.0. The predicted octanol–water partition coefficient (Wildman–Crippen LogP) is 9.57. The van der Waals surface area contributed by atoms with Crippen LogP contribution in [-0.4, -0.2) is 41.6 Å². The third-order valence-electron chi connectivity index (χ3n) is 6.83. The van der Waals surface area contributed by atoms with E-state index in [0.717, 1.165) is 16.1 Å². The van der Waals surface area contributed by atoms with Crippen LogP contribution in [0, 0.1) is 0 Å². The Morgan fingerprint density at radius 3 is 2.32 bits per heavy atom. The first kappa shape index (κ1) is 33.4. The van der Waals surface area contributed by atoms with E-state index in [1.54, 1.807) is 25.1 Å². The molecule has 1 aliphatic heterocycles. The fourth-order valence-electron chi connectivity index (χ4n) is 4.81. The second-order valence-corrected chi connectivity index (χ2v) is 17.3. The van der Waals surface area contributed by atoms with E-state index in [2.05, 4.69) is 20.9 Å². The lowest BCUT2D eigenvalue weighted by molar-refractivity contribution is -0.139. The van der Waals surface area contributed by atoms with Crippen molar-refractivity contribution in [2.24, 2.45) is 4.99 Å². The number of aliphatic imine (C=N–C) groups is 1. The van der Waals surface area contributed by atoms with E-state index in [-0.39, 0.29) is 25.6 Å². The molecule has 5 nitrogen and oxygen atoms in total. The van der Waals surface area contributed by atoms with Gasteiger partial charge in [-0.05, 0) is 48.2 Å². The summed E-state index contributed by atoms with van der Waals surface area (Å²) in [5.74, 6) is 0.221. The first-order valence-electron chi connectivity index (χ1n) is 13.6. The summed E-state index contributed by atoms with van der Waals surface area (Å²) in [6.45, 7) is 13.2. The van der Waals surface area contributed by atoms with Crippen molar-refractivity contribution in [1.82, 2.24) is 0 Å². The molecule has 226 valence electrons. The van der Waals surface area contributed by atoms with Crippen LogP contribution in [0.2, 0.25) is 0 Å². The van der Waals surface area contributed by atoms with Gasteiger partial charge in [0.15, 0.2) is 5.90 Å². The van der Waals surface area contributed by atoms with Gasteiger partial charge in [0.05, 0.1) is 18.8 Å². The van der Waals surface area contributed by atoms with Crippen LogP contribution in [0.1, 0.15) is 71.6 Å². The van der Waals surface area contributed by atoms with Crippen LogP contribution < -0.4 is 4.74 Å². The molecule has 0 saturated heterocycles. The molecule has 0 spiro atoms. The molecule has 2 aromatic rings. The van der Waals surface area contributed by atoms with E-state index >= 15 is 0 Å². The molecule has 0 aromatic heterocycles. The summed E-state index contributed by atoms with van der Waals surface area (Å²) < 4.78 is 74.3. The summed E-state index contributed by atoms with van der Waals surface area (Å²) in [6.07, 6.45) is -0.0949. The molecule has 41 heavy (non-hydrogen) atoms. The van der Waals surface area contributed by atoms with Crippen LogP contribution in [0.3, 0.4) is 0 Å². The zero-order valence-electron chi connectivity index (χ0n) is 24.8. The van der Waals surface area contributed by atoms with Gasteiger partial charge in [-0.3, -0.25) is 4.57 Å². The number of halogens is 4. The van der Waals surface area contributed by atoms with Crippen LogP contribution in [-0.2, 0) is 26.4 Å². The first-order chi connectivity index (χ1) is 18.9. The highest BCUT2D eigenvalue weighted by atomic mass is 79.9. The number of hydrogen-bond donors (Lipinski definition) is 0. The monoisotopic (exact) mass is 657 g/mol. The van der Waals surface area contributed by atoms with E-state index < -0.39 is 35.0 Å². The Labute approximate surface area is 250 Å². The van der Waals surface area contributed by atoms with E-state index in [0.29, 0.717) is 24.3 Å². The molecular weight excluding hydrogens is 618 g/mol. The van der Waals surface area contributed by atoms with Gasteiger partial charge in [0.1, 0.15) is 17.9 Å². The predicted molar refractivity (Wildman–Crippen MR) is 163 cm³/mol. The van der Waals surface area contributed by atoms with Gasteiger partial charge >= 0.3 is 6.18 Å². The zero-order valence-corrected chi connectivity index (χ0v) is 27.3. The molecule has 0 aliphatic carbocycles. The van der Waals surface area contributed by atoms with Crippen molar-refractivity contribution < 1.29 is 31.7 Å². The highest BCUT2D eigenvalue weighted by molar-refractivity contribution is 9.10. The third-order valence-corrected chi connectivity index (χ3v) is 11.3. The Morgan fingerprint density at radius 1 is 1.07 bits per heavy atom. The van der Waals surface area contributed by atoms with E-state index in [1.165, 1.54) is 6.07 Å². The summed E-state index contributed by atoms with van der Waals surface area (Å²) in [4.78, 5) is 4.58. The Kier molecular flexibility index (Phi) is 10.3. The van der Waals surface area contributed by atoms with Gasteiger partial charge in [0.25, 0.3) is 0 Å². The van der Waals surface area contributed by atoms with E-state index in [1.807, 2.05) is 65.8 Å². The summed E-state index contributed by atoms with van der Waals surface area (Å²) in [5, 5.41) is -1.24. The van der Waals surface area contributed by atoms with Gasteiger partial charge in [0.2, 0.25) is 7.37 Å². The number of alkyl halides is 3. The topological polar surface area (TPSA) is 57.1 Å². The average molecular weight is 659 g/mol. The molecule has 2 aromatic carbocycles. The number of rotatable bonds is 10. The number of benzene rings is 2. The molecular formula is C31H40BrF3NO4P. The molecule has 0 fully saturated rings. The normalized spacial score (nSPS) is 18.5. The van der Waals surface area contributed by atoms with Crippen LogP contribution >= 0.6 is 23.3 Å². The zero-order chi connectivity index (χ0) is 30.7. The maximum absolute atomic E-state index is 14.0. The third kappa shape index (κ3) is 8.48. The second-order valence-electron chi connectivity index (χ2n) is 12.4. The van der Waals surface area contributed by atoms with Crippen molar-refractivity contribution in [2.75, 3.05) is 19.8 Å². The van der Waals surface area contributed by atoms with Crippen molar-refractivity contribution in [3.05, 3.63) is 69.7 Å².